The van der Waals surface area contributed by atoms with Gasteiger partial charge in [0.2, 0.25) is 0 Å². The smallest absolute Gasteiger partial charge is 0.409 e. The maximum absolute atomic E-state index is 12.7. The number of ether oxygens (including phenoxy) is 1. The van der Waals surface area contributed by atoms with E-state index in [1.807, 2.05) is 23.1 Å². The van der Waals surface area contributed by atoms with Crippen molar-refractivity contribution in [1.82, 2.24) is 10.2 Å². The fourth-order valence-corrected chi connectivity index (χ4v) is 3.42. The maximum Gasteiger partial charge on any atom is 0.409 e. The van der Waals surface area contributed by atoms with Gasteiger partial charge in [-0.2, -0.15) is 0 Å². The lowest BCUT2D eigenvalue weighted by Gasteiger charge is -2.34. The van der Waals surface area contributed by atoms with Crippen LogP contribution in [0.2, 0.25) is 0 Å². The van der Waals surface area contributed by atoms with Crippen molar-refractivity contribution in [3.05, 3.63) is 29.8 Å². The van der Waals surface area contributed by atoms with E-state index in [0.29, 0.717) is 19.7 Å². The van der Waals surface area contributed by atoms with Gasteiger partial charge in [0.1, 0.15) is 0 Å². The lowest BCUT2D eigenvalue weighted by Crippen LogP contribution is -2.51. The first-order chi connectivity index (χ1) is 11.7. The number of hydrogen-bond donors (Lipinski definition) is 1. The van der Waals surface area contributed by atoms with Crippen molar-refractivity contribution >= 4 is 17.8 Å². The molecule has 2 aliphatic rings. The first kappa shape index (κ1) is 16.6. The van der Waals surface area contributed by atoms with E-state index >= 15 is 0 Å². The molecular formula is C18H25N3O3. The Morgan fingerprint density at radius 2 is 1.96 bits per heavy atom. The molecule has 6 heteroatoms. The summed E-state index contributed by atoms with van der Waals surface area (Å²) in [6.45, 7) is 4.20. The number of fused-ring (bicyclic) bond motifs is 1. The third-order valence-corrected chi connectivity index (χ3v) is 4.70. The molecule has 0 spiro atoms. The van der Waals surface area contributed by atoms with Crippen LogP contribution >= 0.6 is 0 Å². The molecule has 2 heterocycles. The monoisotopic (exact) mass is 331 g/mol. The molecule has 2 aliphatic heterocycles. The Balaban J connectivity index is 1.55. The van der Waals surface area contributed by atoms with Crippen molar-refractivity contribution < 1.29 is 14.3 Å². The second kappa shape index (κ2) is 7.55. The number of carbonyl (C=O) groups excluding carboxylic acids is 2. The molecule has 0 atom stereocenters. The van der Waals surface area contributed by atoms with E-state index in [-0.39, 0.29) is 18.2 Å². The fraction of sp³-hybridized carbons (Fsp3) is 0.556. The summed E-state index contributed by atoms with van der Waals surface area (Å²) in [5.74, 6) is 0. The quantitative estimate of drug-likeness (QED) is 0.906. The largest absolute Gasteiger partial charge is 0.450 e. The second-order valence-electron chi connectivity index (χ2n) is 6.29. The van der Waals surface area contributed by atoms with Crippen LogP contribution in [0.25, 0.3) is 0 Å². The van der Waals surface area contributed by atoms with Crippen LogP contribution < -0.4 is 10.2 Å². The lowest BCUT2D eigenvalue weighted by atomic mass is 10.0. The number of carbonyl (C=O) groups is 2. The van der Waals surface area contributed by atoms with E-state index in [1.54, 1.807) is 11.8 Å². The van der Waals surface area contributed by atoms with E-state index in [2.05, 4.69) is 11.4 Å². The summed E-state index contributed by atoms with van der Waals surface area (Å²) in [5, 5.41) is 3.13. The summed E-state index contributed by atoms with van der Waals surface area (Å²) in [4.78, 5) is 27.9. The molecule has 6 nitrogen and oxygen atoms in total. The Hall–Kier alpha value is -2.24. The summed E-state index contributed by atoms with van der Waals surface area (Å²) >= 11 is 0. The van der Waals surface area contributed by atoms with Gasteiger partial charge in [-0.3, -0.25) is 4.90 Å². The number of aryl methyl sites for hydroxylation is 1. The predicted octanol–water partition coefficient (Wildman–Crippen LogP) is 2.77. The minimum Gasteiger partial charge on any atom is -0.450 e. The zero-order valence-corrected chi connectivity index (χ0v) is 14.2. The fourth-order valence-electron chi connectivity index (χ4n) is 3.42. The molecule has 130 valence electrons. The summed E-state index contributed by atoms with van der Waals surface area (Å²) in [7, 11) is 0. The van der Waals surface area contributed by atoms with Crippen molar-refractivity contribution in [1.29, 1.82) is 0 Å². The number of benzene rings is 1. The van der Waals surface area contributed by atoms with Gasteiger partial charge in [0, 0.05) is 31.4 Å². The summed E-state index contributed by atoms with van der Waals surface area (Å²) in [6.07, 6.45) is 3.29. The molecule has 1 aromatic rings. The van der Waals surface area contributed by atoms with Crippen molar-refractivity contribution in [3.8, 4) is 0 Å². The molecule has 0 radical (unpaired) electrons. The molecule has 0 bridgehead atoms. The van der Waals surface area contributed by atoms with Crippen LogP contribution in [0.4, 0.5) is 15.3 Å². The van der Waals surface area contributed by atoms with Gasteiger partial charge >= 0.3 is 12.1 Å². The summed E-state index contributed by atoms with van der Waals surface area (Å²) in [5.41, 5.74) is 2.25. The number of para-hydroxylation sites is 1. The van der Waals surface area contributed by atoms with Crippen LogP contribution in [0.5, 0.6) is 0 Å². The van der Waals surface area contributed by atoms with Crippen molar-refractivity contribution in [3.63, 3.8) is 0 Å². The lowest BCUT2D eigenvalue weighted by molar-refractivity contribution is 0.0958. The highest BCUT2D eigenvalue weighted by molar-refractivity contribution is 5.93. The molecule has 1 fully saturated rings. The van der Waals surface area contributed by atoms with Crippen LogP contribution in [0.3, 0.4) is 0 Å². The summed E-state index contributed by atoms with van der Waals surface area (Å²) < 4.78 is 5.02. The van der Waals surface area contributed by atoms with Crippen LogP contribution in [0.1, 0.15) is 31.7 Å². The number of nitrogens with zero attached hydrogens (tertiary/aromatic N) is 2. The van der Waals surface area contributed by atoms with Gasteiger partial charge < -0.3 is 15.0 Å². The van der Waals surface area contributed by atoms with Crippen molar-refractivity contribution in [2.24, 2.45) is 0 Å². The van der Waals surface area contributed by atoms with Crippen molar-refractivity contribution in [2.45, 2.75) is 38.6 Å². The van der Waals surface area contributed by atoms with Crippen LogP contribution in [0, 0.1) is 0 Å². The highest BCUT2D eigenvalue weighted by Crippen LogP contribution is 2.26. The van der Waals surface area contributed by atoms with Gasteiger partial charge in [-0.05, 0) is 44.2 Å². The van der Waals surface area contributed by atoms with Gasteiger partial charge in [0.05, 0.1) is 6.61 Å². The highest BCUT2D eigenvalue weighted by atomic mass is 16.6. The molecule has 1 saturated heterocycles. The molecule has 0 saturated carbocycles. The maximum atomic E-state index is 12.7. The van der Waals surface area contributed by atoms with Crippen LogP contribution in [-0.4, -0.2) is 49.3 Å². The van der Waals surface area contributed by atoms with E-state index in [4.69, 9.17) is 4.74 Å². The van der Waals surface area contributed by atoms with E-state index in [9.17, 15) is 9.59 Å². The van der Waals surface area contributed by atoms with Gasteiger partial charge in [-0.15, -0.1) is 0 Å². The molecule has 3 amide bonds. The zero-order valence-electron chi connectivity index (χ0n) is 14.2. The minimum atomic E-state index is -0.257. The first-order valence-electron chi connectivity index (χ1n) is 8.76. The molecule has 0 unspecified atom stereocenters. The third-order valence-electron chi connectivity index (χ3n) is 4.70. The molecule has 3 rings (SSSR count). The number of hydrogen-bond acceptors (Lipinski definition) is 3. The molecule has 0 aromatic heterocycles. The Labute approximate surface area is 142 Å². The number of rotatable bonds is 2. The average Bonchev–Trinajstić information content (AvgIpc) is 2.62. The Morgan fingerprint density at radius 1 is 1.21 bits per heavy atom. The number of anilines is 1. The zero-order chi connectivity index (χ0) is 16.9. The standard InChI is InChI=1S/C18H25N3O3/c1-2-24-18(23)20-12-9-15(10-13-20)19-17(22)21-11-5-7-14-6-3-4-8-16(14)21/h3-4,6,8,15H,2,5,7,9-13H2,1H3,(H,19,22). The topological polar surface area (TPSA) is 61.9 Å². The number of likely N-dealkylation sites (tertiary alicyclic amines) is 1. The van der Waals surface area contributed by atoms with Gasteiger partial charge in [0.15, 0.2) is 0 Å². The van der Waals surface area contributed by atoms with Crippen LogP contribution in [-0.2, 0) is 11.2 Å². The molecule has 24 heavy (non-hydrogen) atoms. The van der Waals surface area contributed by atoms with Gasteiger partial charge in [-0.1, -0.05) is 18.2 Å². The van der Waals surface area contributed by atoms with Gasteiger partial charge in [0.25, 0.3) is 0 Å². The third kappa shape index (κ3) is 3.63. The van der Waals surface area contributed by atoms with Crippen molar-refractivity contribution in [2.75, 3.05) is 31.1 Å². The minimum absolute atomic E-state index is 0.0308. The number of urea groups is 1. The highest BCUT2D eigenvalue weighted by Gasteiger charge is 2.27. The molecule has 0 aliphatic carbocycles. The Bertz CT molecular complexity index is 597. The normalized spacial score (nSPS) is 18.0. The van der Waals surface area contributed by atoms with Crippen LogP contribution in [0.15, 0.2) is 24.3 Å². The Morgan fingerprint density at radius 3 is 2.71 bits per heavy atom. The SMILES string of the molecule is CCOC(=O)N1CCC(NC(=O)N2CCCc3ccccc32)CC1. The van der Waals surface area contributed by atoms with E-state index in [1.165, 1.54) is 5.56 Å². The predicted molar refractivity (Wildman–Crippen MR) is 92.3 cm³/mol. The Kier molecular flexibility index (Phi) is 5.23. The molecule has 1 aromatic carbocycles. The molecule has 1 N–H and O–H groups in total. The van der Waals surface area contributed by atoms with E-state index in [0.717, 1.165) is 37.9 Å². The number of amides is 3. The van der Waals surface area contributed by atoms with E-state index < -0.39 is 0 Å². The second-order valence-corrected chi connectivity index (χ2v) is 6.29. The number of nitrogens with one attached hydrogen (secondary N) is 1. The first-order valence-corrected chi connectivity index (χ1v) is 8.76. The number of piperidine rings is 1. The summed E-state index contributed by atoms with van der Waals surface area (Å²) in [6, 6.07) is 8.17. The van der Waals surface area contributed by atoms with Gasteiger partial charge in [-0.25, -0.2) is 9.59 Å². The molecular weight excluding hydrogens is 306 g/mol. The average molecular weight is 331 g/mol.